The number of hydrogen-bond acceptors (Lipinski definition) is 4. The molecule has 0 saturated heterocycles. The van der Waals surface area contributed by atoms with Crippen molar-refractivity contribution < 1.29 is 9.59 Å². The molecule has 0 amide bonds. The molecular formula is C16H20N2O2. The van der Waals surface area contributed by atoms with Crippen molar-refractivity contribution in [2.75, 3.05) is 0 Å². The van der Waals surface area contributed by atoms with Crippen LogP contribution in [-0.2, 0) is 20.4 Å². The molecule has 1 aromatic carbocycles. The minimum absolute atomic E-state index is 0.112. The van der Waals surface area contributed by atoms with Crippen molar-refractivity contribution in [3.63, 3.8) is 0 Å². The Balaban J connectivity index is 3.90. The zero-order chi connectivity index (χ0) is 15.6. The molecule has 1 aromatic rings. The second-order valence-corrected chi connectivity index (χ2v) is 6.76. The fraction of sp³-hybridized carbons (Fsp3) is 0.500. The van der Waals surface area contributed by atoms with Crippen molar-refractivity contribution in [2.45, 2.75) is 52.4 Å². The first-order valence-electron chi connectivity index (χ1n) is 6.46. The van der Waals surface area contributed by atoms with Gasteiger partial charge in [-0.25, -0.2) is 9.59 Å². The van der Waals surface area contributed by atoms with Crippen LogP contribution in [0, 0.1) is 0 Å². The summed E-state index contributed by atoms with van der Waals surface area (Å²) in [5.74, 6) is 0. The lowest BCUT2D eigenvalue weighted by molar-refractivity contribution is 0.530. The molecular weight excluding hydrogens is 252 g/mol. The summed E-state index contributed by atoms with van der Waals surface area (Å²) in [7, 11) is 0. The highest BCUT2D eigenvalue weighted by Gasteiger charge is 2.29. The molecule has 0 fully saturated rings. The lowest BCUT2D eigenvalue weighted by Gasteiger charge is -2.31. The van der Waals surface area contributed by atoms with E-state index < -0.39 is 0 Å². The van der Waals surface area contributed by atoms with Crippen LogP contribution in [0.1, 0.15) is 52.7 Å². The summed E-state index contributed by atoms with van der Waals surface area (Å²) in [6, 6.07) is 3.62. The Morgan fingerprint density at radius 2 is 1.40 bits per heavy atom. The fourth-order valence-corrected chi connectivity index (χ4v) is 2.26. The summed E-state index contributed by atoms with van der Waals surface area (Å²) in [4.78, 5) is 28.7. The average Bonchev–Trinajstić information content (AvgIpc) is 2.28. The summed E-state index contributed by atoms with van der Waals surface area (Å²) in [5, 5.41) is 0. The smallest absolute Gasteiger partial charge is 0.211 e. The van der Waals surface area contributed by atoms with Gasteiger partial charge in [0.05, 0.1) is 0 Å². The maximum atomic E-state index is 10.7. The summed E-state index contributed by atoms with van der Waals surface area (Å²) in [5.41, 5.74) is 2.38. The first kappa shape index (κ1) is 16.0. The van der Waals surface area contributed by atoms with Gasteiger partial charge in [0.1, 0.15) is 11.4 Å². The molecule has 0 aliphatic heterocycles. The lowest BCUT2D eigenvalue weighted by atomic mass is 9.74. The third-order valence-electron chi connectivity index (χ3n) is 3.04. The van der Waals surface area contributed by atoms with Crippen LogP contribution in [0.5, 0.6) is 0 Å². The maximum absolute atomic E-state index is 10.7. The minimum Gasteiger partial charge on any atom is -0.211 e. The summed E-state index contributed by atoms with van der Waals surface area (Å²) >= 11 is 0. The van der Waals surface area contributed by atoms with E-state index in [2.05, 4.69) is 30.8 Å². The molecule has 0 heterocycles. The zero-order valence-electron chi connectivity index (χ0n) is 12.9. The monoisotopic (exact) mass is 272 g/mol. The SMILES string of the molecule is CC(C)(C)c1ccc(N=C=O)c(N=C=O)c1C(C)(C)C. The standard InChI is InChI=1S/C16H20N2O2/c1-15(2,3)11-7-8-12(17-9-19)14(18-10-20)13(11)16(4,5)6/h7-8H,1-6H3. The van der Waals surface area contributed by atoms with Crippen LogP contribution in [0.15, 0.2) is 22.1 Å². The molecule has 4 nitrogen and oxygen atoms in total. The van der Waals surface area contributed by atoms with Gasteiger partial charge in [0.2, 0.25) is 12.2 Å². The van der Waals surface area contributed by atoms with Gasteiger partial charge in [0.25, 0.3) is 0 Å². The molecule has 106 valence electrons. The summed E-state index contributed by atoms with van der Waals surface area (Å²) in [6.07, 6.45) is 3.06. The highest BCUT2D eigenvalue weighted by molar-refractivity contribution is 5.75. The highest BCUT2D eigenvalue weighted by atomic mass is 16.1. The van der Waals surface area contributed by atoms with E-state index in [4.69, 9.17) is 0 Å². The van der Waals surface area contributed by atoms with E-state index in [9.17, 15) is 9.59 Å². The first-order valence-corrected chi connectivity index (χ1v) is 6.46. The number of benzene rings is 1. The van der Waals surface area contributed by atoms with Crippen LogP contribution in [0.2, 0.25) is 0 Å². The van der Waals surface area contributed by atoms with Crippen molar-refractivity contribution in [1.82, 2.24) is 0 Å². The molecule has 20 heavy (non-hydrogen) atoms. The molecule has 1 rings (SSSR count). The van der Waals surface area contributed by atoms with Crippen molar-refractivity contribution >= 4 is 23.5 Å². The molecule has 0 atom stereocenters. The predicted molar refractivity (Wildman–Crippen MR) is 79.4 cm³/mol. The van der Waals surface area contributed by atoms with Crippen molar-refractivity contribution in [3.8, 4) is 0 Å². The number of aliphatic imine (C=N–C) groups is 2. The van der Waals surface area contributed by atoms with Crippen LogP contribution in [0.3, 0.4) is 0 Å². The van der Waals surface area contributed by atoms with Crippen LogP contribution in [-0.4, -0.2) is 12.2 Å². The predicted octanol–water partition coefficient (Wildman–Crippen LogP) is 4.22. The third-order valence-corrected chi connectivity index (χ3v) is 3.04. The summed E-state index contributed by atoms with van der Waals surface area (Å²) in [6.45, 7) is 12.4. The second kappa shape index (κ2) is 5.54. The third kappa shape index (κ3) is 3.30. The Hall–Kier alpha value is -2.02. The Bertz CT molecular complexity index is 607. The van der Waals surface area contributed by atoms with E-state index in [-0.39, 0.29) is 10.8 Å². The van der Waals surface area contributed by atoms with Gasteiger partial charge in [-0.05, 0) is 28.0 Å². The van der Waals surface area contributed by atoms with Gasteiger partial charge < -0.3 is 0 Å². The van der Waals surface area contributed by atoms with Gasteiger partial charge in [-0.15, -0.1) is 0 Å². The second-order valence-electron chi connectivity index (χ2n) is 6.76. The molecule has 0 aromatic heterocycles. The number of isocyanates is 2. The topological polar surface area (TPSA) is 58.9 Å². The lowest BCUT2D eigenvalue weighted by Crippen LogP contribution is -2.22. The molecule has 0 radical (unpaired) electrons. The Morgan fingerprint density at radius 1 is 0.850 bits per heavy atom. The van der Waals surface area contributed by atoms with Gasteiger partial charge in [0.15, 0.2) is 0 Å². The molecule has 0 bridgehead atoms. The van der Waals surface area contributed by atoms with Gasteiger partial charge in [-0.1, -0.05) is 47.6 Å². The Morgan fingerprint density at radius 3 is 1.80 bits per heavy atom. The normalized spacial score (nSPS) is 11.5. The van der Waals surface area contributed by atoms with Crippen molar-refractivity contribution in [3.05, 3.63) is 23.3 Å². The molecule has 0 aliphatic rings. The Labute approximate surface area is 119 Å². The fourth-order valence-electron chi connectivity index (χ4n) is 2.26. The zero-order valence-corrected chi connectivity index (χ0v) is 12.9. The number of rotatable bonds is 2. The molecule has 0 spiro atoms. The van der Waals surface area contributed by atoms with Crippen LogP contribution in [0.25, 0.3) is 0 Å². The largest absolute Gasteiger partial charge is 0.240 e. The number of carbonyl (C=O) groups excluding carboxylic acids is 2. The molecule has 0 aliphatic carbocycles. The summed E-state index contributed by atoms with van der Waals surface area (Å²) < 4.78 is 0. The number of nitrogens with zero attached hydrogens (tertiary/aromatic N) is 2. The minimum atomic E-state index is -0.243. The quantitative estimate of drug-likeness (QED) is 0.598. The van der Waals surface area contributed by atoms with Gasteiger partial charge >= 0.3 is 0 Å². The number of hydrogen-bond donors (Lipinski definition) is 0. The maximum Gasteiger partial charge on any atom is 0.240 e. The average molecular weight is 272 g/mol. The van der Waals surface area contributed by atoms with Gasteiger partial charge in [0, 0.05) is 0 Å². The van der Waals surface area contributed by atoms with E-state index in [1.807, 2.05) is 26.8 Å². The molecule has 0 N–H and O–H groups in total. The van der Waals surface area contributed by atoms with E-state index >= 15 is 0 Å². The van der Waals surface area contributed by atoms with E-state index in [1.54, 1.807) is 12.1 Å². The van der Waals surface area contributed by atoms with Crippen LogP contribution in [0.4, 0.5) is 11.4 Å². The van der Waals surface area contributed by atoms with Crippen molar-refractivity contribution in [1.29, 1.82) is 0 Å². The first-order chi connectivity index (χ1) is 9.12. The van der Waals surface area contributed by atoms with E-state index in [0.717, 1.165) is 11.1 Å². The van der Waals surface area contributed by atoms with Crippen LogP contribution >= 0.6 is 0 Å². The van der Waals surface area contributed by atoms with Crippen molar-refractivity contribution in [2.24, 2.45) is 9.98 Å². The van der Waals surface area contributed by atoms with Gasteiger partial charge in [-0.3, -0.25) is 0 Å². The van der Waals surface area contributed by atoms with E-state index in [0.29, 0.717) is 11.4 Å². The molecule has 0 saturated carbocycles. The van der Waals surface area contributed by atoms with Crippen LogP contribution < -0.4 is 0 Å². The molecule has 4 heteroatoms. The Kier molecular flexibility index (Phi) is 4.44. The highest BCUT2D eigenvalue weighted by Crippen LogP contribution is 2.44. The molecule has 0 unspecified atom stereocenters. The van der Waals surface area contributed by atoms with Gasteiger partial charge in [-0.2, -0.15) is 9.98 Å². The van der Waals surface area contributed by atoms with E-state index in [1.165, 1.54) is 6.08 Å².